The van der Waals surface area contributed by atoms with Crippen molar-refractivity contribution in [1.82, 2.24) is 5.32 Å². The highest BCUT2D eigenvalue weighted by atomic mass is 16.5. The lowest BCUT2D eigenvalue weighted by Crippen LogP contribution is -2.23. The summed E-state index contributed by atoms with van der Waals surface area (Å²) < 4.78 is 5.23. The van der Waals surface area contributed by atoms with Crippen LogP contribution in [0.15, 0.2) is 18.2 Å². The van der Waals surface area contributed by atoms with Gasteiger partial charge in [-0.15, -0.1) is 0 Å². The maximum atomic E-state index is 5.23. The van der Waals surface area contributed by atoms with E-state index in [-0.39, 0.29) is 0 Å². The van der Waals surface area contributed by atoms with Gasteiger partial charge >= 0.3 is 0 Å². The molecule has 2 unspecified atom stereocenters. The van der Waals surface area contributed by atoms with Crippen LogP contribution in [0.1, 0.15) is 37.4 Å². The summed E-state index contributed by atoms with van der Waals surface area (Å²) in [5.41, 5.74) is 2.66. The van der Waals surface area contributed by atoms with Crippen molar-refractivity contribution in [3.05, 3.63) is 29.3 Å². The van der Waals surface area contributed by atoms with Gasteiger partial charge in [0.05, 0.1) is 7.11 Å². The van der Waals surface area contributed by atoms with Crippen molar-refractivity contribution in [2.45, 2.75) is 33.2 Å². The van der Waals surface area contributed by atoms with Crippen molar-refractivity contribution in [2.75, 3.05) is 14.2 Å². The fourth-order valence-corrected chi connectivity index (χ4v) is 2.11. The third-order valence-corrected chi connectivity index (χ3v) is 3.34. The summed E-state index contributed by atoms with van der Waals surface area (Å²) >= 11 is 0. The van der Waals surface area contributed by atoms with Crippen molar-refractivity contribution < 1.29 is 4.74 Å². The van der Waals surface area contributed by atoms with Crippen LogP contribution in [0.4, 0.5) is 0 Å². The van der Waals surface area contributed by atoms with Crippen LogP contribution in [0.2, 0.25) is 0 Å². The molecule has 90 valence electrons. The predicted molar refractivity (Wildman–Crippen MR) is 69.0 cm³/mol. The number of ether oxygens (including phenoxy) is 1. The van der Waals surface area contributed by atoms with Crippen molar-refractivity contribution in [3.8, 4) is 5.75 Å². The number of rotatable bonds is 5. The van der Waals surface area contributed by atoms with Crippen LogP contribution < -0.4 is 10.1 Å². The van der Waals surface area contributed by atoms with Gasteiger partial charge in [0.2, 0.25) is 0 Å². The molecule has 2 nitrogen and oxygen atoms in total. The summed E-state index contributed by atoms with van der Waals surface area (Å²) in [6.45, 7) is 6.66. The van der Waals surface area contributed by atoms with Gasteiger partial charge in [-0.2, -0.15) is 0 Å². The van der Waals surface area contributed by atoms with E-state index in [9.17, 15) is 0 Å². The first-order valence-electron chi connectivity index (χ1n) is 5.95. The second kappa shape index (κ2) is 5.90. The highest BCUT2D eigenvalue weighted by molar-refractivity contribution is 5.36. The molecule has 0 saturated heterocycles. The van der Waals surface area contributed by atoms with E-state index in [1.54, 1.807) is 7.11 Å². The van der Waals surface area contributed by atoms with Crippen LogP contribution in [-0.4, -0.2) is 14.2 Å². The van der Waals surface area contributed by atoms with E-state index in [2.05, 4.69) is 38.2 Å². The second-order valence-corrected chi connectivity index (χ2v) is 4.37. The van der Waals surface area contributed by atoms with E-state index >= 15 is 0 Å². The molecule has 0 saturated carbocycles. The minimum atomic E-state index is 0.427. The van der Waals surface area contributed by atoms with E-state index in [4.69, 9.17) is 4.74 Å². The lowest BCUT2D eigenvalue weighted by Gasteiger charge is -2.24. The van der Waals surface area contributed by atoms with Gasteiger partial charge in [0, 0.05) is 6.04 Å². The van der Waals surface area contributed by atoms with Crippen molar-refractivity contribution >= 4 is 0 Å². The zero-order valence-electron chi connectivity index (χ0n) is 11.0. The zero-order chi connectivity index (χ0) is 12.1. The fourth-order valence-electron chi connectivity index (χ4n) is 2.11. The standard InChI is InChI=1S/C14H23NO/c1-6-10(2)14(15-4)13-8-7-12(16-5)9-11(13)3/h7-10,14-15H,6H2,1-5H3. The number of hydrogen-bond donors (Lipinski definition) is 1. The van der Waals surface area contributed by atoms with Gasteiger partial charge in [-0.3, -0.25) is 0 Å². The molecule has 16 heavy (non-hydrogen) atoms. The lowest BCUT2D eigenvalue weighted by molar-refractivity contribution is 0.395. The van der Waals surface area contributed by atoms with Crippen LogP contribution >= 0.6 is 0 Å². The lowest BCUT2D eigenvalue weighted by atomic mass is 9.90. The van der Waals surface area contributed by atoms with Crippen LogP contribution in [0, 0.1) is 12.8 Å². The molecule has 0 spiro atoms. The molecule has 0 bridgehead atoms. The summed E-state index contributed by atoms with van der Waals surface area (Å²) in [6.07, 6.45) is 1.18. The van der Waals surface area contributed by atoms with E-state index in [0.29, 0.717) is 12.0 Å². The minimum Gasteiger partial charge on any atom is -0.497 e. The van der Waals surface area contributed by atoms with Gasteiger partial charge < -0.3 is 10.1 Å². The molecule has 1 aromatic rings. The highest BCUT2D eigenvalue weighted by Crippen LogP contribution is 2.28. The Labute approximate surface area is 99.0 Å². The fraction of sp³-hybridized carbons (Fsp3) is 0.571. The van der Waals surface area contributed by atoms with Crippen LogP contribution in [0.3, 0.4) is 0 Å². The number of aryl methyl sites for hydroxylation is 1. The molecule has 1 rings (SSSR count). The molecule has 0 heterocycles. The van der Waals surface area contributed by atoms with E-state index in [0.717, 1.165) is 5.75 Å². The molecule has 2 heteroatoms. The molecule has 0 aliphatic heterocycles. The summed E-state index contributed by atoms with van der Waals surface area (Å²) in [5, 5.41) is 3.41. The molecule has 0 fully saturated rings. The normalized spacial score (nSPS) is 14.6. The Hall–Kier alpha value is -1.02. The first kappa shape index (κ1) is 13.0. The third-order valence-electron chi connectivity index (χ3n) is 3.34. The smallest absolute Gasteiger partial charge is 0.119 e. The van der Waals surface area contributed by atoms with E-state index < -0.39 is 0 Å². The number of benzene rings is 1. The summed E-state index contributed by atoms with van der Waals surface area (Å²) in [4.78, 5) is 0. The molecule has 2 atom stereocenters. The summed E-state index contributed by atoms with van der Waals surface area (Å²) in [6, 6.07) is 6.73. The summed E-state index contributed by atoms with van der Waals surface area (Å²) in [5.74, 6) is 1.57. The monoisotopic (exact) mass is 221 g/mol. The largest absolute Gasteiger partial charge is 0.497 e. The average Bonchev–Trinajstić information content (AvgIpc) is 2.31. The molecular formula is C14H23NO. The molecule has 0 amide bonds. The molecule has 0 aromatic heterocycles. The van der Waals surface area contributed by atoms with Crippen LogP contribution in [-0.2, 0) is 0 Å². The molecule has 1 N–H and O–H groups in total. The zero-order valence-corrected chi connectivity index (χ0v) is 11.0. The number of hydrogen-bond acceptors (Lipinski definition) is 2. The van der Waals surface area contributed by atoms with E-state index in [1.165, 1.54) is 17.5 Å². The first-order valence-corrected chi connectivity index (χ1v) is 5.95. The Morgan fingerprint density at radius 3 is 2.50 bits per heavy atom. The van der Waals surface area contributed by atoms with Gasteiger partial charge in [-0.25, -0.2) is 0 Å². The molecule has 1 aromatic carbocycles. The van der Waals surface area contributed by atoms with Crippen molar-refractivity contribution in [1.29, 1.82) is 0 Å². The Morgan fingerprint density at radius 1 is 1.38 bits per heavy atom. The SMILES string of the molecule is CCC(C)C(NC)c1ccc(OC)cc1C. The highest BCUT2D eigenvalue weighted by Gasteiger charge is 2.17. The van der Waals surface area contributed by atoms with Gasteiger partial charge in [0.1, 0.15) is 5.75 Å². The molecule has 0 aliphatic rings. The minimum absolute atomic E-state index is 0.427. The molecule has 0 radical (unpaired) electrons. The molecular weight excluding hydrogens is 198 g/mol. The van der Waals surface area contributed by atoms with Crippen LogP contribution in [0.25, 0.3) is 0 Å². The van der Waals surface area contributed by atoms with Crippen LogP contribution in [0.5, 0.6) is 5.75 Å². The summed E-state index contributed by atoms with van der Waals surface area (Å²) in [7, 11) is 3.74. The first-order chi connectivity index (χ1) is 7.63. The predicted octanol–water partition coefficient (Wildman–Crippen LogP) is 3.31. The Morgan fingerprint density at radius 2 is 2.06 bits per heavy atom. The molecule has 0 aliphatic carbocycles. The quantitative estimate of drug-likeness (QED) is 0.823. The van der Waals surface area contributed by atoms with Crippen molar-refractivity contribution in [2.24, 2.45) is 5.92 Å². The Kier molecular flexibility index (Phi) is 4.81. The van der Waals surface area contributed by atoms with Crippen molar-refractivity contribution in [3.63, 3.8) is 0 Å². The van der Waals surface area contributed by atoms with Gasteiger partial charge in [-0.1, -0.05) is 26.3 Å². The number of methoxy groups -OCH3 is 1. The Bertz CT molecular complexity index is 336. The average molecular weight is 221 g/mol. The third kappa shape index (κ3) is 2.76. The van der Waals surface area contributed by atoms with Gasteiger partial charge in [-0.05, 0) is 43.1 Å². The second-order valence-electron chi connectivity index (χ2n) is 4.37. The maximum absolute atomic E-state index is 5.23. The number of nitrogens with one attached hydrogen (secondary N) is 1. The topological polar surface area (TPSA) is 21.3 Å². The van der Waals surface area contributed by atoms with Gasteiger partial charge in [0.15, 0.2) is 0 Å². The maximum Gasteiger partial charge on any atom is 0.119 e. The Balaban J connectivity index is 3.01. The van der Waals surface area contributed by atoms with E-state index in [1.807, 2.05) is 13.1 Å². The van der Waals surface area contributed by atoms with Gasteiger partial charge in [0.25, 0.3) is 0 Å².